The molecule has 0 aliphatic heterocycles. The van der Waals surface area contributed by atoms with Gasteiger partial charge in [0.2, 0.25) is 0 Å². The Balaban J connectivity index is 0.000001000. The van der Waals surface area contributed by atoms with Crippen molar-refractivity contribution in [1.29, 1.82) is 0 Å². The van der Waals surface area contributed by atoms with Crippen molar-refractivity contribution in [1.82, 2.24) is 0 Å². The van der Waals surface area contributed by atoms with E-state index in [-0.39, 0.29) is 34.7 Å². The molecule has 0 saturated heterocycles. The van der Waals surface area contributed by atoms with Gasteiger partial charge in [-0.2, -0.15) is 0 Å². The molecule has 1 fully saturated rings. The number of hydrogen-bond acceptors (Lipinski definition) is 1. The monoisotopic (exact) mass is 186 g/mol. The summed E-state index contributed by atoms with van der Waals surface area (Å²) in [5.41, 5.74) is 0. The molecule has 11 heavy (non-hydrogen) atoms. The Morgan fingerprint density at radius 1 is 1.27 bits per heavy atom. The van der Waals surface area contributed by atoms with E-state index in [4.69, 9.17) is 4.89 Å². The third kappa shape index (κ3) is 3.20. The zero-order valence-electron chi connectivity index (χ0n) is 6.39. The van der Waals surface area contributed by atoms with Gasteiger partial charge in [0.05, 0.1) is 0 Å². The van der Waals surface area contributed by atoms with Crippen LogP contribution in [0.5, 0.6) is 0 Å². The van der Waals surface area contributed by atoms with Crippen molar-refractivity contribution in [3.63, 3.8) is 0 Å². The van der Waals surface area contributed by atoms with E-state index in [0.717, 1.165) is 25.7 Å². The van der Waals surface area contributed by atoms with Crippen LogP contribution >= 0.6 is 8.03 Å². The first-order chi connectivity index (χ1) is 4.65. The molecule has 0 aromatic carbocycles. The van der Waals surface area contributed by atoms with Crippen LogP contribution in [0.3, 0.4) is 0 Å². The molecule has 1 atom stereocenters. The van der Waals surface area contributed by atoms with Crippen LogP contribution in [0.15, 0.2) is 0 Å². The fraction of sp³-hybridized carbons (Fsp3) is 1.00. The van der Waals surface area contributed by atoms with E-state index < -0.39 is 8.03 Å². The molecule has 4 heteroatoms. The van der Waals surface area contributed by atoms with Crippen LogP contribution < -0.4 is 0 Å². The molecule has 1 aliphatic rings. The fourth-order valence-electron chi connectivity index (χ4n) is 1.55. The molecule has 0 aromatic rings. The van der Waals surface area contributed by atoms with E-state index in [0.29, 0.717) is 0 Å². The van der Waals surface area contributed by atoms with Crippen molar-refractivity contribution < 1.29 is 9.46 Å². The zero-order chi connectivity index (χ0) is 7.61. The molecule has 0 amide bonds. The average molecular weight is 186 g/mol. The molecule has 0 spiro atoms. The van der Waals surface area contributed by atoms with E-state index in [1.807, 2.05) is 6.92 Å². The second kappa shape index (κ2) is 5.04. The molecule has 1 aliphatic carbocycles. The second-order valence-corrected chi connectivity index (χ2v) is 5.24. The Morgan fingerprint density at radius 2 is 1.73 bits per heavy atom. The molecule has 1 saturated carbocycles. The van der Waals surface area contributed by atoms with Crippen molar-refractivity contribution in [2.24, 2.45) is 0 Å². The summed E-state index contributed by atoms with van der Waals surface area (Å²) in [7, 11) is -2.28. The average Bonchev–Trinajstić information content (AvgIpc) is 1.89. The zero-order valence-corrected chi connectivity index (χ0v) is 7.39. The fourth-order valence-corrected chi connectivity index (χ4v) is 2.33. The van der Waals surface area contributed by atoms with Gasteiger partial charge in [0, 0.05) is 5.16 Å². The van der Waals surface area contributed by atoms with Crippen LogP contribution in [-0.4, -0.2) is 39.6 Å². The van der Waals surface area contributed by atoms with Crippen molar-refractivity contribution in [3.8, 4) is 0 Å². The van der Waals surface area contributed by atoms with Crippen LogP contribution in [0.4, 0.5) is 0 Å². The van der Waals surface area contributed by atoms with E-state index in [2.05, 4.69) is 0 Å². The molecule has 0 bridgehead atoms. The Hall–Kier alpha value is 1.19. The normalized spacial score (nSPS) is 25.3. The summed E-state index contributed by atoms with van der Waals surface area (Å²) in [6.45, 7) is 1.94. The van der Waals surface area contributed by atoms with Gasteiger partial charge < -0.3 is 4.89 Å². The third-order valence-corrected chi connectivity index (χ3v) is 4.01. The van der Waals surface area contributed by atoms with Crippen LogP contribution in [0, 0.1) is 0 Å². The van der Waals surface area contributed by atoms with E-state index >= 15 is 0 Å². The van der Waals surface area contributed by atoms with Crippen molar-refractivity contribution >= 4 is 37.6 Å². The van der Waals surface area contributed by atoms with Gasteiger partial charge in [0.15, 0.2) is 8.03 Å². The van der Waals surface area contributed by atoms with E-state index in [1.54, 1.807) is 0 Å². The molecule has 0 aromatic heterocycles. The Bertz CT molecular complexity index is 143. The molecule has 1 rings (SSSR count). The molecule has 1 unspecified atom stereocenters. The Morgan fingerprint density at radius 3 is 2.00 bits per heavy atom. The minimum absolute atomic E-state index is 0. The Labute approximate surface area is 90.9 Å². The molecule has 62 valence electrons. The first kappa shape index (κ1) is 12.2. The summed E-state index contributed by atoms with van der Waals surface area (Å²) < 4.78 is 10.9. The maximum absolute atomic E-state index is 10.9. The first-order valence-electron chi connectivity index (χ1n) is 3.88. The van der Waals surface area contributed by atoms with Gasteiger partial charge >= 0.3 is 29.6 Å². The van der Waals surface area contributed by atoms with Gasteiger partial charge in [-0.3, -0.25) is 4.57 Å². The molecule has 0 heterocycles. The van der Waals surface area contributed by atoms with E-state index in [9.17, 15) is 4.57 Å². The molecule has 1 N–H and O–H groups in total. The first-order valence-corrected chi connectivity index (χ1v) is 5.24. The number of rotatable bonds is 1. The number of hydrogen-bond donors (Lipinski definition) is 1. The van der Waals surface area contributed by atoms with Crippen LogP contribution in [0.2, 0.25) is 0 Å². The van der Waals surface area contributed by atoms with Gasteiger partial charge in [-0.25, -0.2) is 0 Å². The summed E-state index contributed by atoms with van der Waals surface area (Å²) in [5.74, 6) is 0. The molecular formula is C7H16NaO2P. The van der Waals surface area contributed by atoms with E-state index in [1.165, 1.54) is 6.42 Å². The quantitative estimate of drug-likeness (QED) is 0.498. The van der Waals surface area contributed by atoms with Crippen LogP contribution in [0.1, 0.15) is 39.0 Å². The van der Waals surface area contributed by atoms with Gasteiger partial charge in [-0.15, -0.1) is 0 Å². The van der Waals surface area contributed by atoms with Gasteiger partial charge in [-0.05, 0) is 12.8 Å². The summed E-state index contributed by atoms with van der Waals surface area (Å²) >= 11 is 0. The Kier molecular flexibility index (Phi) is 5.58. The summed E-state index contributed by atoms with van der Waals surface area (Å²) in [6.07, 6.45) is 5.40. The predicted molar refractivity (Wildman–Crippen MR) is 49.9 cm³/mol. The molecule has 0 radical (unpaired) electrons. The SMILES string of the molecule is CC1([PH](=O)O)CCCCC1.[NaH]. The summed E-state index contributed by atoms with van der Waals surface area (Å²) in [6, 6.07) is 0. The minimum atomic E-state index is -2.28. The van der Waals surface area contributed by atoms with Crippen molar-refractivity contribution in [3.05, 3.63) is 0 Å². The molecule has 2 nitrogen and oxygen atoms in total. The van der Waals surface area contributed by atoms with Crippen molar-refractivity contribution in [2.45, 2.75) is 44.2 Å². The second-order valence-electron chi connectivity index (χ2n) is 3.43. The standard InChI is InChI=1S/C7H15O2P.Na.H/c1-7(10(8)9)5-3-2-4-6-7;;/h10H,2-6H2,1H3,(H,8,9);;. The summed E-state index contributed by atoms with van der Waals surface area (Å²) in [5, 5.41) is -0.219. The summed E-state index contributed by atoms with van der Waals surface area (Å²) in [4.78, 5) is 8.98. The molecular weight excluding hydrogens is 170 g/mol. The van der Waals surface area contributed by atoms with Crippen LogP contribution in [-0.2, 0) is 4.57 Å². The third-order valence-electron chi connectivity index (χ3n) is 2.47. The predicted octanol–water partition coefficient (Wildman–Crippen LogP) is 1.53. The van der Waals surface area contributed by atoms with Gasteiger partial charge in [0.1, 0.15) is 0 Å². The topological polar surface area (TPSA) is 37.3 Å². The maximum atomic E-state index is 10.9. The van der Waals surface area contributed by atoms with Gasteiger partial charge in [-0.1, -0.05) is 26.2 Å². The van der Waals surface area contributed by atoms with Crippen molar-refractivity contribution in [2.75, 3.05) is 0 Å². The van der Waals surface area contributed by atoms with Crippen LogP contribution in [0.25, 0.3) is 0 Å². The van der Waals surface area contributed by atoms with Gasteiger partial charge in [0.25, 0.3) is 0 Å².